The molecule has 3 heterocycles. The maximum absolute atomic E-state index is 5.94. The molecule has 1 saturated heterocycles. The molecule has 0 atom stereocenters. The summed E-state index contributed by atoms with van der Waals surface area (Å²) < 4.78 is 0. The number of likely N-dealkylation sites (tertiary alicyclic amines) is 1. The Balaban J connectivity index is 1.80. The normalized spacial score (nSPS) is 18.5. The SMILES string of the molecule is CC(C)N1CCC(c2nc3nccc(N)c3[nH]2)CC1. The van der Waals surface area contributed by atoms with Crippen molar-refractivity contribution < 1.29 is 0 Å². The molecule has 0 saturated carbocycles. The van der Waals surface area contributed by atoms with Gasteiger partial charge in [0.25, 0.3) is 0 Å². The van der Waals surface area contributed by atoms with Crippen LogP contribution in [0.15, 0.2) is 12.3 Å². The quantitative estimate of drug-likeness (QED) is 0.866. The number of nitrogens with two attached hydrogens (primary N) is 1. The van der Waals surface area contributed by atoms with Gasteiger partial charge in [-0.1, -0.05) is 0 Å². The van der Waals surface area contributed by atoms with Gasteiger partial charge in [0.05, 0.1) is 5.69 Å². The molecule has 1 aliphatic heterocycles. The molecule has 3 N–H and O–H groups in total. The maximum atomic E-state index is 5.94. The van der Waals surface area contributed by atoms with Gasteiger partial charge in [-0.15, -0.1) is 0 Å². The Morgan fingerprint density at radius 3 is 2.74 bits per heavy atom. The van der Waals surface area contributed by atoms with Gasteiger partial charge in [-0.3, -0.25) is 0 Å². The molecule has 0 spiro atoms. The number of nitrogens with zero attached hydrogens (tertiary/aromatic N) is 3. The number of anilines is 1. The number of fused-ring (bicyclic) bond motifs is 1. The molecule has 0 radical (unpaired) electrons. The summed E-state index contributed by atoms with van der Waals surface area (Å²) in [5, 5.41) is 0. The van der Waals surface area contributed by atoms with Gasteiger partial charge >= 0.3 is 0 Å². The maximum Gasteiger partial charge on any atom is 0.179 e. The third-order valence-corrected chi connectivity index (χ3v) is 4.09. The Kier molecular flexibility index (Phi) is 3.14. The molecule has 5 heteroatoms. The van der Waals surface area contributed by atoms with Crippen molar-refractivity contribution in [3.8, 4) is 0 Å². The first-order valence-electron chi connectivity index (χ1n) is 6.99. The zero-order valence-corrected chi connectivity index (χ0v) is 11.6. The lowest BCUT2D eigenvalue weighted by atomic mass is 9.95. The molecule has 3 rings (SSSR count). The summed E-state index contributed by atoms with van der Waals surface area (Å²) in [5.41, 5.74) is 8.28. The van der Waals surface area contributed by atoms with Crippen molar-refractivity contribution in [1.82, 2.24) is 19.9 Å². The van der Waals surface area contributed by atoms with Crippen molar-refractivity contribution in [3.63, 3.8) is 0 Å². The predicted octanol–water partition coefficient (Wildman–Crippen LogP) is 2.13. The molecular weight excluding hydrogens is 238 g/mol. The van der Waals surface area contributed by atoms with Crippen LogP contribution in [0.25, 0.3) is 11.2 Å². The van der Waals surface area contributed by atoms with Crippen LogP contribution in [-0.2, 0) is 0 Å². The Labute approximate surface area is 113 Å². The zero-order valence-electron chi connectivity index (χ0n) is 11.6. The number of nitrogens with one attached hydrogen (secondary N) is 1. The second kappa shape index (κ2) is 4.81. The van der Waals surface area contributed by atoms with Gasteiger partial charge in [-0.05, 0) is 45.8 Å². The van der Waals surface area contributed by atoms with Crippen molar-refractivity contribution in [2.75, 3.05) is 18.8 Å². The Bertz CT molecular complexity index is 566. The highest BCUT2D eigenvalue weighted by Gasteiger charge is 2.24. The second-order valence-electron chi connectivity index (χ2n) is 5.62. The number of hydrogen-bond donors (Lipinski definition) is 2. The van der Waals surface area contributed by atoms with E-state index in [1.807, 2.05) is 6.07 Å². The van der Waals surface area contributed by atoms with Crippen molar-refractivity contribution in [2.24, 2.45) is 0 Å². The van der Waals surface area contributed by atoms with Gasteiger partial charge in [0.2, 0.25) is 0 Å². The first-order valence-corrected chi connectivity index (χ1v) is 6.99. The average molecular weight is 259 g/mol. The molecule has 0 aliphatic carbocycles. The Morgan fingerprint density at radius 2 is 2.11 bits per heavy atom. The third-order valence-electron chi connectivity index (χ3n) is 4.09. The monoisotopic (exact) mass is 259 g/mol. The van der Waals surface area contributed by atoms with E-state index in [1.165, 1.54) is 0 Å². The Morgan fingerprint density at radius 1 is 1.37 bits per heavy atom. The molecule has 2 aromatic rings. The molecule has 2 aromatic heterocycles. The molecule has 19 heavy (non-hydrogen) atoms. The average Bonchev–Trinajstić information content (AvgIpc) is 2.84. The fraction of sp³-hybridized carbons (Fsp3) is 0.571. The minimum atomic E-state index is 0.503. The fourth-order valence-electron chi connectivity index (χ4n) is 2.83. The summed E-state index contributed by atoms with van der Waals surface area (Å²) in [6.07, 6.45) is 4.01. The van der Waals surface area contributed by atoms with E-state index in [9.17, 15) is 0 Å². The first-order chi connectivity index (χ1) is 9.15. The highest BCUT2D eigenvalue weighted by Crippen LogP contribution is 2.29. The number of aromatic amines is 1. The molecule has 102 valence electrons. The summed E-state index contributed by atoms with van der Waals surface area (Å²) >= 11 is 0. The van der Waals surface area contributed by atoms with Crippen LogP contribution in [0.3, 0.4) is 0 Å². The molecule has 1 aliphatic rings. The molecule has 1 fully saturated rings. The summed E-state index contributed by atoms with van der Waals surface area (Å²) in [7, 11) is 0. The van der Waals surface area contributed by atoms with E-state index in [2.05, 4.69) is 33.7 Å². The van der Waals surface area contributed by atoms with Crippen LogP contribution < -0.4 is 5.73 Å². The number of imidazole rings is 1. The minimum Gasteiger partial charge on any atom is -0.397 e. The largest absolute Gasteiger partial charge is 0.397 e. The van der Waals surface area contributed by atoms with Crippen LogP contribution in [0.5, 0.6) is 0 Å². The fourth-order valence-corrected chi connectivity index (χ4v) is 2.83. The van der Waals surface area contributed by atoms with Gasteiger partial charge in [0.15, 0.2) is 5.65 Å². The van der Waals surface area contributed by atoms with Crippen LogP contribution in [0, 0.1) is 0 Å². The lowest BCUT2D eigenvalue weighted by Crippen LogP contribution is -2.38. The van der Waals surface area contributed by atoms with Crippen LogP contribution >= 0.6 is 0 Å². The number of hydrogen-bond acceptors (Lipinski definition) is 4. The predicted molar refractivity (Wildman–Crippen MR) is 77.0 cm³/mol. The van der Waals surface area contributed by atoms with Gasteiger partial charge in [0.1, 0.15) is 11.3 Å². The number of pyridine rings is 1. The van der Waals surface area contributed by atoms with Crippen molar-refractivity contribution in [1.29, 1.82) is 0 Å². The summed E-state index contributed by atoms with van der Waals surface area (Å²) in [6, 6.07) is 2.44. The standard InChI is InChI=1S/C14H21N5/c1-9(2)19-7-4-10(5-8-19)13-17-12-11(15)3-6-16-14(12)18-13/h3,6,9-10H,4-5,7-8H2,1-2H3,(H3,15,16,17,18). The van der Waals surface area contributed by atoms with Crippen LogP contribution in [0.4, 0.5) is 5.69 Å². The summed E-state index contributed by atoms with van der Waals surface area (Å²) in [5.74, 6) is 1.55. The Hall–Kier alpha value is -1.62. The lowest BCUT2D eigenvalue weighted by Gasteiger charge is -2.33. The third kappa shape index (κ3) is 2.30. The highest BCUT2D eigenvalue weighted by atomic mass is 15.2. The van der Waals surface area contributed by atoms with Gasteiger partial charge in [0, 0.05) is 18.2 Å². The molecular formula is C14H21N5. The van der Waals surface area contributed by atoms with E-state index in [-0.39, 0.29) is 0 Å². The number of rotatable bonds is 2. The lowest BCUT2D eigenvalue weighted by molar-refractivity contribution is 0.170. The molecule has 5 nitrogen and oxygen atoms in total. The van der Waals surface area contributed by atoms with Crippen molar-refractivity contribution in [3.05, 3.63) is 18.1 Å². The van der Waals surface area contributed by atoms with E-state index >= 15 is 0 Å². The summed E-state index contributed by atoms with van der Waals surface area (Å²) in [6.45, 7) is 6.79. The van der Waals surface area contributed by atoms with Gasteiger partial charge < -0.3 is 15.6 Å². The van der Waals surface area contributed by atoms with Crippen molar-refractivity contribution >= 4 is 16.9 Å². The van der Waals surface area contributed by atoms with Gasteiger partial charge in [-0.2, -0.15) is 0 Å². The van der Waals surface area contributed by atoms with Crippen LogP contribution in [-0.4, -0.2) is 39.0 Å². The number of H-pyrrole nitrogens is 1. The van der Waals surface area contributed by atoms with Crippen LogP contribution in [0.1, 0.15) is 38.4 Å². The number of nitrogen functional groups attached to an aromatic ring is 1. The van der Waals surface area contributed by atoms with Crippen LogP contribution in [0.2, 0.25) is 0 Å². The highest BCUT2D eigenvalue weighted by molar-refractivity contribution is 5.83. The van der Waals surface area contributed by atoms with E-state index in [1.54, 1.807) is 6.20 Å². The number of aromatic nitrogens is 3. The van der Waals surface area contributed by atoms with E-state index in [0.29, 0.717) is 12.0 Å². The van der Waals surface area contributed by atoms with E-state index in [4.69, 9.17) is 5.73 Å². The smallest absolute Gasteiger partial charge is 0.179 e. The molecule has 0 amide bonds. The van der Waals surface area contributed by atoms with Gasteiger partial charge in [-0.25, -0.2) is 9.97 Å². The second-order valence-corrected chi connectivity index (χ2v) is 5.62. The number of piperidine rings is 1. The van der Waals surface area contributed by atoms with Crippen molar-refractivity contribution in [2.45, 2.75) is 38.6 Å². The molecule has 0 aromatic carbocycles. The topological polar surface area (TPSA) is 70.8 Å². The molecule has 0 unspecified atom stereocenters. The molecule has 0 bridgehead atoms. The van der Waals surface area contributed by atoms with E-state index < -0.39 is 0 Å². The zero-order chi connectivity index (χ0) is 13.4. The first kappa shape index (κ1) is 12.4. The summed E-state index contributed by atoms with van der Waals surface area (Å²) in [4.78, 5) is 14.7. The minimum absolute atomic E-state index is 0.503. The van der Waals surface area contributed by atoms with E-state index in [0.717, 1.165) is 48.6 Å².